The molecule has 3 rings (SSSR count). The standard InChI is InChI=1S/C21H15F3N2OS2/c22-21(23,24)16-12-17(14-6-2-1-3-7-14)26-20(15(16)13-25)29-11-4-8-18(27)19-9-5-10-28-19/h1-3,5-7,9-10,12H,4,8,11H2. The van der Waals surface area contributed by atoms with Crippen LogP contribution in [0.4, 0.5) is 13.2 Å². The van der Waals surface area contributed by atoms with Crippen LogP contribution in [0.2, 0.25) is 0 Å². The monoisotopic (exact) mass is 432 g/mol. The van der Waals surface area contributed by atoms with Crippen molar-refractivity contribution in [1.82, 2.24) is 4.98 Å². The van der Waals surface area contributed by atoms with Crippen LogP contribution < -0.4 is 0 Å². The van der Waals surface area contributed by atoms with Gasteiger partial charge in [0.1, 0.15) is 11.1 Å². The van der Waals surface area contributed by atoms with Crippen molar-refractivity contribution in [1.29, 1.82) is 5.26 Å². The van der Waals surface area contributed by atoms with Gasteiger partial charge in [0.05, 0.1) is 21.7 Å². The Morgan fingerprint density at radius 1 is 1.17 bits per heavy atom. The zero-order valence-corrected chi connectivity index (χ0v) is 16.7. The summed E-state index contributed by atoms with van der Waals surface area (Å²) in [6.45, 7) is 0. The number of benzene rings is 1. The maximum atomic E-state index is 13.5. The van der Waals surface area contributed by atoms with Crippen molar-refractivity contribution < 1.29 is 18.0 Å². The number of thiophene rings is 1. The van der Waals surface area contributed by atoms with Crippen molar-refractivity contribution in [2.45, 2.75) is 24.0 Å². The second kappa shape index (κ2) is 9.25. The zero-order valence-electron chi connectivity index (χ0n) is 15.1. The van der Waals surface area contributed by atoms with Gasteiger partial charge < -0.3 is 0 Å². The number of carbonyl (C=O) groups excluding carboxylic acids is 1. The number of nitriles is 1. The Morgan fingerprint density at radius 3 is 2.55 bits per heavy atom. The van der Waals surface area contributed by atoms with E-state index in [2.05, 4.69) is 4.98 Å². The number of aromatic nitrogens is 1. The molecule has 0 spiro atoms. The number of thioether (sulfide) groups is 1. The number of pyridine rings is 1. The van der Waals surface area contributed by atoms with E-state index < -0.39 is 17.3 Å². The number of ketones is 1. The highest BCUT2D eigenvalue weighted by Crippen LogP contribution is 2.38. The molecular formula is C21H15F3N2OS2. The van der Waals surface area contributed by atoms with E-state index in [1.165, 1.54) is 11.3 Å². The van der Waals surface area contributed by atoms with E-state index in [-0.39, 0.29) is 16.5 Å². The number of nitrogens with zero attached hydrogens (tertiary/aromatic N) is 2. The minimum absolute atomic E-state index is 0.00285. The quantitative estimate of drug-likeness (QED) is 0.244. The fraction of sp³-hybridized carbons (Fsp3) is 0.190. The number of alkyl halides is 3. The highest BCUT2D eigenvalue weighted by molar-refractivity contribution is 7.99. The number of halogens is 3. The maximum Gasteiger partial charge on any atom is 0.417 e. The molecule has 0 saturated heterocycles. The van der Waals surface area contributed by atoms with E-state index >= 15 is 0 Å². The summed E-state index contributed by atoms with van der Waals surface area (Å²) < 4.78 is 40.6. The van der Waals surface area contributed by atoms with Gasteiger partial charge in [0.15, 0.2) is 5.78 Å². The molecule has 148 valence electrons. The molecule has 2 heterocycles. The summed E-state index contributed by atoms with van der Waals surface area (Å²) in [5.74, 6) is 0.386. The molecule has 0 radical (unpaired) electrons. The molecule has 0 atom stereocenters. The lowest BCUT2D eigenvalue weighted by molar-refractivity contribution is -0.138. The summed E-state index contributed by atoms with van der Waals surface area (Å²) in [4.78, 5) is 17.0. The smallest absolute Gasteiger partial charge is 0.293 e. The molecule has 0 bridgehead atoms. The number of Topliss-reactive ketones (excluding diaryl/α,β-unsaturated/α-hetero) is 1. The molecule has 2 aromatic heterocycles. The van der Waals surface area contributed by atoms with Gasteiger partial charge in [-0.2, -0.15) is 18.4 Å². The second-order valence-corrected chi connectivity index (χ2v) is 8.09. The molecule has 0 aliphatic heterocycles. The van der Waals surface area contributed by atoms with Crippen LogP contribution in [0.15, 0.2) is 58.9 Å². The van der Waals surface area contributed by atoms with E-state index in [0.29, 0.717) is 29.0 Å². The van der Waals surface area contributed by atoms with Gasteiger partial charge in [-0.3, -0.25) is 4.79 Å². The minimum Gasteiger partial charge on any atom is -0.293 e. The van der Waals surface area contributed by atoms with Crippen molar-refractivity contribution in [3.63, 3.8) is 0 Å². The van der Waals surface area contributed by atoms with Crippen LogP contribution in [0, 0.1) is 11.3 Å². The molecule has 0 amide bonds. The molecule has 3 nitrogen and oxygen atoms in total. The molecule has 0 aliphatic carbocycles. The summed E-state index contributed by atoms with van der Waals surface area (Å²) in [6, 6.07) is 14.6. The second-order valence-electron chi connectivity index (χ2n) is 6.06. The maximum absolute atomic E-state index is 13.5. The zero-order chi connectivity index (χ0) is 20.9. The molecule has 0 unspecified atom stereocenters. The Balaban J connectivity index is 1.82. The SMILES string of the molecule is N#Cc1c(C(F)(F)F)cc(-c2ccccc2)nc1SCCCC(=O)c1cccs1. The van der Waals surface area contributed by atoms with Gasteiger partial charge >= 0.3 is 6.18 Å². The fourth-order valence-corrected chi connectivity index (χ4v) is 4.32. The molecule has 3 aromatic rings. The first-order chi connectivity index (χ1) is 13.9. The lowest BCUT2D eigenvalue weighted by atomic mass is 10.1. The van der Waals surface area contributed by atoms with Crippen LogP contribution >= 0.6 is 23.1 Å². The van der Waals surface area contributed by atoms with Gasteiger partial charge in [0.2, 0.25) is 0 Å². The first-order valence-electron chi connectivity index (χ1n) is 8.67. The molecule has 0 saturated carbocycles. The van der Waals surface area contributed by atoms with Gasteiger partial charge in [0, 0.05) is 12.0 Å². The predicted molar refractivity (Wildman–Crippen MR) is 108 cm³/mol. The van der Waals surface area contributed by atoms with E-state index in [1.54, 1.807) is 48.5 Å². The average Bonchev–Trinajstić information content (AvgIpc) is 3.25. The summed E-state index contributed by atoms with van der Waals surface area (Å²) >= 11 is 2.43. The number of carbonyl (C=O) groups is 1. The predicted octanol–water partition coefficient (Wildman–Crippen LogP) is 6.46. The fourth-order valence-electron chi connectivity index (χ4n) is 2.68. The van der Waals surface area contributed by atoms with Crippen LogP contribution in [-0.2, 0) is 6.18 Å². The van der Waals surface area contributed by atoms with Crippen molar-refractivity contribution in [2.24, 2.45) is 0 Å². The molecule has 1 aromatic carbocycles. The lowest BCUT2D eigenvalue weighted by Crippen LogP contribution is -2.10. The minimum atomic E-state index is -4.66. The summed E-state index contributed by atoms with van der Waals surface area (Å²) in [5, 5.41) is 11.2. The van der Waals surface area contributed by atoms with Gasteiger partial charge in [-0.25, -0.2) is 4.98 Å². The van der Waals surface area contributed by atoms with Gasteiger partial charge in [-0.15, -0.1) is 23.1 Å². The molecule has 8 heteroatoms. The van der Waals surface area contributed by atoms with Crippen LogP contribution in [0.3, 0.4) is 0 Å². The first-order valence-corrected chi connectivity index (χ1v) is 10.5. The Kier molecular flexibility index (Phi) is 6.72. The topological polar surface area (TPSA) is 53.8 Å². The third kappa shape index (κ3) is 5.25. The van der Waals surface area contributed by atoms with Crippen molar-refractivity contribution in [2.75, 3.05) is 5.75 Å². The normalized spacial score (nSPS) is 11.2. The van der Waals surface area contributed by atoms with Crippen molar-refractivity contribution >= 4 is 28.9 Å². The van der Waals surface area contributed by atoms with Crippen LogP contribution in [-0.4, -0.2) is 16.5 Å². The van der Waals surface area contributed by atoms with Crippen LogP contribution in [0.1, 0.15) is 33.6 Å². The molecular weight excluding hydrogens is 417 g/mol. The van der Waals surface area contributed by atoms with Crippen LogP contribution in [0.25, 0.3) is 11.3 Å². The number of hydrogen-bond acceptors (Lipinski definition) is 5. The molecule has 0 aliphatic rings. The largest absolute Gasteiger partial charge is 0.417 e. The molecule has 29 heavy (non-hydrogen) atoms. The first kappa shape index (κ1) is 21.1. The Morgan fingerprint density at radius 2 is 1.93 bits per heavy atom. The Labute approximate surface area is 174 Å². The van der Waals surface area contributed by atoms with E-state index in [4.69, 9.17) is 0 Å². The van der Waals surface area contributed by atoms with Crippen molar-refractivity contribution in [3.05, 3.63) is 69.9 Å². The van der Waals surface area contributed by atoms with Gasteiger partial charge in [-0.1, -0.05) is 36.4 Å². The lowest BCUT2D eigenvalue weighted by Gasteiger charge is -2.14. The van der Waals surface area contributed by atoms with E-state index in [0.717, 1.165) is 17.8 Å². The summed E-state index contributed by atoms with van der Waals surface area (Å²) in [5.41, 5.74) is -0.774. The molecule has 0 N–H and O–H groups in total. The Bertz CT molecular complexity index is 1030. The van der Waals surface area contributed by atoms with Gasteiger partial charge in [0.25, 0.3) is 0 Å². The third-order valence-electron chi connectivity index (χ3n) is 4.06. The molecule has 0 fully saturated rings. The highest BCUT2D eigenvalue weighted by Gasteiger charge is 2.36. The number of hydrogen-bond donors (Lipinski definition) is 0. The summed E-state index contributed by atoms with van der Waals surface area (Å²) in [7, 11) is 0. The number of rotatable bonds is 7. The summed E-state index contributed by atoms with van der Waals surface area (Å²) in [6.07, 6.45) is -3.90. The van der Waals surface area contributed by atoms with Crippen molar-refractivity contribution in [3.8, 4) is 17.3 Å². The Hall–Kier alpha value is -2.63. The van der Waals surface area contributed by atoms with Gasteiger partial charge in [-0.05, 0) is 29.7 Å². The van der Waals surface area contributed by atoms with E-state index in [9.17, 15) is 23.2 Å². The average molecular weight is 432 g/mol. The highest BCUT2D eigenvalue weighted by atomic mass is 32.2. The van der Waals surface area contributed by atoms with E-state index in [1.807, 2.05) is 5.38 Å². The van der Waals surface area contributed by atoms with Crippen LogP contribution in [0.5, 0.6) is 0 Å². The third-order valence-corrected chi connectivity index (χ3v) is 6.03.